The van der Waals surface area contributed by atoms with E-state index in [1.165, 1.54) is 12.8 Å². The van der Waals surface area contributed by atoms with E-state index in [4.69, 9.17) is 10.5 Å². The van der Waals surface area contributed by atoms with E-state index in [1.807, 2.05) is 18.2 Å². The fraction of sp³-hybridized carbons (Fsp3) is 0.533. The SMILES string of the molecule is COC(C(N)Cc1nc2ccccc2n1C)C1CC1. The average molecular weight is 259 g/mol. The lowest BCUT2D eigenvalue weighted by Gasteiger charge is -2.22. The summed E-state index contributed by atoms with van der Waals surface area (Å²) in [7, 11) is 3.81. The van der Waals surface area contributed by atoms with E-state index < -0.39 is 0 Å². The molecular weight excluding hydrogens is 238 g/mol. The Morgan fingerprint density at radius 1 is 1.42 bits per heavy atom. The van der Waals surface area contributed by atoms with Crippen molar-refractivity contribution in [2.24, 2.45) is 18.7 Å². The van der Waals surface area contributed by atoms with Gasteiger partial charge in [0.15, 0.2) is 0 Å². The second-order valence-corrected chi connectivity index (χ2v) is 5.48. The Labute approximate surface area is 113 Å². The van der Waals surface area contributed by atoms with Crippen LogP contribution in [0, 0.1) is 5.92 Å². The molecule has 102 valence electrons. The van der Waals surface area contributed by atoms with Crippen molar-refractivity contribution in [2.45, 2.75) is 31.4 Å². The predicted molar refractivity (Wildman–Crippen MR) is 75.9 cm³/mol. The second kappa shape index (κ2) is 4.94. The molecule has 0 saturated heterocycles. The van der Waals surface area contributed by atoms with Gasteiger partial charge >= 0.3 is 0 Å². The molecule has 1 aromatic carbocycles. The van der Waals surface area contributed by atoms with Gasteiger partial charge in [-0.1, -0.05) is 12.1 Å². The third-order valence-electron chi connectivity index (χ3n) is 4.08. The van der Waals surface area contributed by atoms with Crippen LogP contribution in [0.2, 0.25) is 0 Å². The highest BCUT2D eigenvalue weighted by Gasteiger charge is 2.35. The zero-order chi connectivity index (χ0) is 13.4. The van der Waals surface area contributed by atoms with Crippen LogP contribution in [0.5, 0.6) is 0 Å². The molecule has 1 aliphatic carbocycles. The number of fused-ring (bicyclic) bond motifs is 1. The van der Waals surface area contributed by atoms with Gasteiger partial charge in [-0.15, -0.1) is 0 Å². The number of nitrogens with zero attached hydrogens (tertiary/aromatic N) is 2. The van der Waals surface area contributed by atoms with Crippen molar-refractivity contribution >= 4 is 11.0 Å². The Balaban J connectivity index is 1.82. The lowest BCUT2D eigenvalue weighted by molar-refractivity contribution is 0.0620. The molecule has 0 aliphatic heterocycles. The first-order valence-electron chi connectivity index (χ1n) is 6.89. The Bertz CT molecular complexity index is 574. The molecule has 0 spiro atoms. The minimum Gasteiger partial charge on any atom is -0.380 e. The van der Waals surface area contributed by atoms with Gasteiger partial charge < -0.3 is 15.0 Å². The fourth-order valence-corrected chi connectivity index (χ4v) is 2.85. The molecule has 0 bridgehead atoms. The first-order valence-corrected chi connectivity index (χ1v) is 6.89. The highest BCUT2D eigenvalue weighted by molar-refractivity contribution is 5.75. The van der Waals surface area contributed by atoms with Gasteiger partial charge in [0.25, 0.3) is 0 Å². The third kappa shape index (κ3) is 2.38. The van der Waals surface area contributed by atoms with E-state index in [0.717, 1.165) is 23.3 Å². The van der Waals surface area contributed by atoms with Crippen molar-refractivity contribution in [3.8, 4) is 0 Å². The summed E-state index contributed by atoms with van der Waals surface area (Å²) in [6.07, 6.45) is 3.42. The molecule has 4 heteroatoms. The summed E-state index contributed by atoms with van der Waals surface area (Å²) in [4.78, 5) is 4.68. The molecule has 1 aromatic heterocycles. The van der Waals surface area contributed by atoms with Crippen LogP contribution in [0.3, 0.4) is 0 Å². The number of imidazole rings is 1. The number of ether oxygens (including phenoxy) is 1. The van der Waals surface area contributed by atoms with Crippen molar-refractivity contribution in [2.75, 3.05) is 7.11 Å². The lowest BCUT2D eigenvalue weighted by atomic mass is 10.0. The summed E-state index contributed by atoms with van der Waals surface area (Å²) >= 11 is 0. The number of rotatable bonds is 5. The van der Waals surface area contributed by atoms with Gasteiger partial charge in [-0.25, -0.2) is 4.98 Å². The fourth-order valence-electron chi connectivity index (χ4n) is 2.85. The number of aryl methyl sites for hydroxylation is 1. The van der Waals surface area contributed by atoms with Gasteiger partial charge in [-0.3, -0.25) is 0 Å². The first-order chi connectivity index (χ1) is 9.20. The predicted octanol–water partition coefficient (Wildman–Crippen LogP) is 1.87. The minimum absolute atomic E-state index is 0.0213. The van der Waals surface area contributed by atoms with Gasteiger partial charge in [-0.05, 0) is 30.9 Å². The normalized spacial score (nSPS) is 18.7. The van der Waals surface area contributed by atoms with Crippen LogP contribution in [0.25, 0.3) is 11.0 Å². The second-order valence-electron chi connectivity index (χ2n) is 5.48. The zero-order valence-electron chi connectivity index (χ0n) is 11.5. The van der Waals surface area contributed by atoms with Gasteiger partial charge in [-0.2, -0.15) is 0 Å². The smallest absolute Gasteiger partial charge is 0.111 e. The van der Waals surface area contributed by atoms with Crippen molar-refractivity contribution in [3.05, 3.63) is 30.1 Å². The molecule has 2 atom stereocenters. The Hall–Kier alpha value is -1.39. The Morgan fingerprint density at radius 2 is 2.16 bits per heavy atom. The lowest BCUT2D eigenvalue weighted by Crippen LogP contribution is -2.40. The number of benzene rings is 1. The summed E-state index contributed by atoms with van der Waals surface area (Å²) in [5.74, 6) is 1.69. The standard InChI is InChI=1S/C15H21N3O/c1-18-13-6-4-3-5-12(13)17-14(18)9-11(16)15(19-2)10-7-8-10/h3-6,10-11,15H,7-9,16H2,1-2H3. The van der Waals surface area contributed by atoms with Gasteiger partial charge in [0.05, 0.1) is 17.1 Å². The Kier molecular flexibility index (Phi) is 3.29. The maximum absolute atomic E-state index is 6.31. The molecule has 2 N–H and O–H groups in total. The monoisotopic (exact) mass is 259 g/mol. The molecule has 2 unspecified atom stereocenters. The molecule has 3 rings (SSSR count). The number of para-hydroxylation sites is 2. The quantitative estimate of drug-likeness (QED) is 0.892. The van der Waals surface area contributed by atoms with Gasteiger partial charge in [0.1, 0.15) is 5.82 Å². The highest BCUT2D eigenvalue weighted by Crippen LogP contribution is 2.35. The van der Waals surface area contributed by atoms with Crippen molar-refractivity contribution < 1.29 is 4.74 Å². The van der Waals surface area contributed by atoms with Crippen LogP contribution in [-0.4, -0.2) is 28.8 Å². The van der Waals surface area contributed by atoms with Crippen molar-refractivity contribution in [3.63, 3.8) is 0 Å². The van der Waals surface area contributed by atoms with Gasteiger partial charge in [0.2, 0.25) is 0 Å². The van der Waals surface area contributed by atoms with Crippen molar-refractivity contribution in [1.82, 2.24) is 9.55 Å². The number of hydrogen-bond donors (Lipinski definition) is 1. The Morgan fingerprint density at radius 3 is 2.79 bits per heavy atom. The van der Waals surface area contributed by atoms with Crippen LogP contribution < -0.4 is 5.73 Å². The summed E-state index contributed by atoms with van der Waals surface area (Å²) in [5, 5.41) is 0. The van der Waals surface area contributed by atoms with E-state index in [0.29, 0.717) is 5.92 Å². The zero-order valence-corrected chi connectivity index (χ0v) is 11.5. The molecule has 0 radical (unpaired) electrons. The third-order valence-corrected chi connectivity index (χ3v) is 4.08. The molecule has 1 fully saturated rings. The molecule has 2 aromatic rings. The van der Waals surface area contributed by atoms with Crippen molar-refractivity contribution in [1.29, 1.82) is 0 Å². The number of hydrogen-bond acceptors (Lipinski definition) is 3. The maximum atomic E-state index is 6.31. The minimum atomic E-state index is 0.0213. The van der Waals surface area contributed by atoms with Gasteiger partial charge in [0, 0.05) is 26.6 Å². The van der Waals surface area contributed by atoms with Crippen LogP contribution in [0.1, 0.15) is 18.7 Å². The average Bonchev–Trinajstić information content (AvgIpc) is 3.18. The molecule has 1 heterocycles. The van der Waals surface area contributed by atoms with Crippen LogP contribution >= 0.6 is 0 Å². The molecule has 19 heavy (non-hydrogen) atoms. The number of methoxy groups -OCH3 is 1. The topological polar surface area (TPSA) is 53.1 Å². The highest BCUT2D eigenvalue weighted by atomic mass is 16.5. The number of aromatic nitrogens is 2. The largest absolute Gasteiger partial charge is 0.380 e. The van der Waals surface area contributed by atoms with E-state index in [2.05, 4.69) is 22.7 Å². The van der Waals surface area contributed by atoms with E-state index >= 15 is 0 Å². The molecular formula is C15H21N3O. The summed E-state index contributed by atoms with van der Waals surface area (Å²) in [5.41, 5.74) is 8.51. The maximum Gasteiger partial charge on any atom is 0.111 e. The van der Waals surface area contributed by atoms with Crippen LogP contribution in [-0.2, 0) is 18.2 Å². The van der Waals surface area contributed by atoms with E-state index in [9.17, 15) is 0 Å². The molecule has 1 aliphatic rings. The summed E-state index contributed by atoms with van der Waals surface area (Å²) in [6, 6.07) is 8.20. The molecule has 0 amide bonds. The van der Waals surface area contributed by atoms with Crippen LogP contribution in [0.4, 0.5) is 0 Å². The number of nitrogens with two attached hydrogens (primary N) is 1. The first kappa shape index (κ1) is 12.6. The summed E-state index contributed by atoms with van der Waals surface area (Å²) in [6.45, 7) is 0. The van der Waals surface area contributed by atoms with E-state index in [-0.39, 0.29) is 12.1 Å². The summed E-state index contributed by atoms with van der Waals surface area (Å²) < 4.78 is 7.69. The molecule has 4 nitrogen and oxygen atoms in total. The van der Waals surface area contributed by atoms with Crippen LogP contribution in [0.15, 0.2) is 24.3 Å². The molecule has 1 saturated carbocycles. The van der Waals surface area contributed by atoms with E-state index in [1.54, 1.807) is 7.11 Å².